The Bertz CT molecular complexity index is 1110. The van der Waals surface area contributed by atoms with Gasteiger partial charge in [-0.2, -0.15) is 0 Å². The predicted octanol–water partition coefficient (Wildman–Crippen LogP) is 6.27. The Balaban J connectivity index is 1.60. The van der Waals surface area contributed by atoms with Crippen molar-refractivity contribution < 1.29 is 18.7 Å². The fourth-order valence-electron chi connectivity index (χ4n) is 2.45. The number of ether oxygens (including phenoxy) is 1. The number of hydrogen-bond donors (Lipinski definition) is 2. The molecule has 154 valence electrons. The van der Waals surface area contributed by atoms with Crippen LogP contribution in [0.3, 0.4) is 0 Å². The molecule has 0 aliphatic carbocycles. The third-order valence-corrected chi connectivity index (χ3v) is 5.24. The van der Waals surface area contributed by atoms with Gasteiger partial charge >= 0.3 is 0 Å². The molecule has 0 radical (unpaired) electrons. The highest BCUT2D eigenvalue weighted by molar-refractivity contribution is 9.11. The molecular formula is C21H14Br2ClFN2O3. The van der Waals surface area contributed by atoms with E-state index in [1.807, 2.05) is 6.07 Å². The van der Waals surface area contributed by atoms with Gasteiger partial charge in [-0.15, -0.1) is 0 Å². The average molecular weight is 557 g/mol. The largest absolute Gasteiger partial charge is 0.483 e. The lowest BCUT2D eigenvalue weighted by Gasteiger charge is -2.10. The third kappa shape index (κ3) is 6.04. The number of carbonyl (C=O) groups is 2. The normalized spacial score (nSPS) is 10.4. The van der Waals surface area contributed by atoms with Gasteiger partial charge in [-0.1, -0.05) is 33.6 Å². The highest BCUT2D eigenvalue weighted by atomic mass is 79.9. The molecule has 2 amide bonds. The highest BCUT2D eigenvalue weighted by Crippen LogP contribution is 2.28. The summed E-state index contributed by atoms with van der Waals surface area (Å²) in [7, 11) is 0. The van der Waals surface area contributed by atoms with Crippen LogP contribution in [0.5, 0.6) is 5.75 Å². The Morgan fingerprint density at radius 3 is 2.47 bits per heavy atom. The van der Waals surface area contributed by atoms with Crippen molar-refractivity contribution in [3.05, 3.63) is 86.0 Å². The summed E-state index contributed by atoms with van der Waals surface area (Å²) in [6, 6.07) is 15.6. The Hall–Kier alpha value is -2.42. The second-order valence-corrected chi connectivity index (χ2v) is 8.25. The summed E-state index contributed by atoms with van der Waals surface area (Å²) in [6.45, 7) is -0.204. The molecule has 2 N–H and O–H groups in total. The molecule has 30 heavy (non-hydrogen) atoms. The number of nitrogens with one attached hydrogen (secondary N) is 2. The number of hydrogen-bond acceptors (Lipinski definition) is 3. The highest BCUT2D eigenvalue weighted by Gasteiger charge is 2.11. The SMILES string of the molecule is O=C(COc1ccc(Br)cc1Br)Nc1cccc(C(=O)Nc2ccc(F)c(Cl)c2)c1. The maximum Gasteiger partial charge on any atom is 0.262 e. The maximum absolute atomic E-state index is 13.2. The molecule has 0 atom stereocenters. The van der Waals surface area contributed by atoms with Gasteiger partial charge in [0.1, 0.15) is 11.6 Å². The Morgan fingerprint density at radius 1 is 0.967 bits per heavy atom. The van der Waals surface area contributed by atoms with Crippen molar-refractivity contribution in [1.82, 2.24) is 0 Å². The molecular weight excluding hydrogens is 543 g/mol. The topological polar surface area (TPSA) is 67.4 Å². The van der Waals surface area contributed by atoms with E-state index >= 15 is 0 Å². The van der Waals surface area contributed by atoms with E-state index in [1.54, 1.807) is 30.3 Å². The van der Waals surface area contributed by atoms with E-state index in [9.17, 15) is 14.0 Å². The van der Waals surface area contributed by atoms with Crippen molar-refractivity contribution in [1.29, 1.82) is 0 Å². The van der Waals surface area contributed by atoms with E-state index in [1.165, 1.54) is 24.3 Å². The number of anilines is 2. The van der Waals surface area contributed by atoms with Gasteiger partial charge in [0, 0.05) is 21.4 Å². The predicted molar refractivity (Wildman–Crippen MR) is 122 cm³/mol. The smallest absolute Gasteiger partial charge is 0.262 e. The van der Waals surface area contributed by atoms with E-state index in [2.05, 4.69) is 42.5 Å². The molecule has 0 bridgehead atoms. The lowest BCUT2D eigenvalue weighted by Crippen LogP contribution is -2.20. The van der Waals surface area contributed by atoms with E-state index in [0.29, 0.717) is 27.2 Å². The molecule has 0 unspecified atom stereocenters. The van der Waals surface area contributed by atoms with Gasteiger partial charge in [-0.3, -0.25) is 9.59 Å². The van der Waals surface area contributed by atoms with E-state index in [-0.39, 0.29) is 17.5 Å². The van der Waals surface area contributed by atoms with E-state index in [0.717, 1.165) is 4.47 Å². The van der Waals surface area contributed by atoms with Crippen molar-refractivity contribution in [2.75, 3.05) is 17.2 Å². The maximum atomic E-state index is 13.2. The standard InChI is InChI=1S/C21H14Br2ClFN2O3/c22-13-4-7-19(16(23)9-13)30-11-20(28)26-14-3-1-2-12(8-14)21(29)27-15-5-6-18(25)17(24)10-15/h1-10H,11H2,(H,26,28)(H,27,29). The number of amides is 2. The van der Waals surface area contributed by atoms with Crippen LogP contribution in [0.25, 0.3) is 0 Å². The zero-order chi connectivity index (χ0) is 21.7. The Kier molecular flexibility index (Phi) is 7.47. The molecule has 0 saturated carbocycles. The summed E-state index contributed by atoms with van der Waals surface area (Å²) in [4.78, 5) is 24.6. The fraction of sp³-hybridized carbons (Fsp3) is 0.0476. The number of carbonyl (C=O) groups excluding carboxylic acids is 2. The number of rotatable bonds is 6. The van der Waals surface area contributed by atoms with Gasteiger partial charge in [0.05, 0.1) is 9.50 Å². The van der Waals surface area contributed by atoms with Crippen molar-refractivity contribution >= 4 is 66.6 Å². The Labute approximate surface area is 193 Å². The van der Waals surface area contributed by atoms with Gasteiger partial charge < -0.3 is 15.4 Å². The Morgan fingerprint density at radius 2 is 1.73 bits per heavy atom. The quantitative estimate of drug-likeness (QED) is 0.376. The molecule has 0 saturated heterocycles. The summed E-state index contributed by atoms with van der Waals surface area (Å²) in [5.74, 6) is -0.854. The van der Waals surface area contributed by atoms with Crippen molar-refractivity contribution in [3.63, 3.8) is 0 Å². The van der Waals surface area contributed by atoms with Crippen LogP contribution in [0.4, 0.5) is 15.8 Å². The third-order valence-electron chi connectivity index (χ3n) is 3.84. The molecule has 0 aromatic heterocycles. The monoisotopic (exact) mass is 554 g/mol. The molecule has 3 aromatic carbocycles. The molecule has 0 fully saturated rings. The van der Waals surface area contributed by atoms with Gasteiger partial charge in [-0.05, 0) is 70.5 Å². The second-order valence-electron chi connectivity index (χ2n) is 6.08. The zero-order valence-corrected chi connectivity index (χ0v) is 19.1. The van der Waals surface area contributed by atoms with E-state index in [4.69, 9.17) is 16.3 Å². The van der Waals surface area contributed by atoms with Crippen LogP contribution in [0, 0.1) is 5.82 Å². The van der Waals surface area contributed by atoms with Crippen LogP contribution in [-0.2, 0) is 4.79 Å². The number of halogens is 4. The zero-order valence-electron chi connectivity index (χ0n) is 15.2. The molecule has 0 aliphatic heterocycles. The van der Waals surface area contributed by atoms with Gasteiger partial charge in [0.25, 0.3) is 11.8 Å². The fourth-order valence-corrected chi connectivity index (χ4v) is 3.79. The summed E-state index contributed by atoms with van der Waals surface area (Å²) in [5, 5.41) is 5.22. The van der Waals surface area contributed by atoms with Gasteiger partial charge in [-0.25, -0.2) is 4.39 Å². The average Bonchev–Trinajstić information content (AvgIpc) is 2.70. The second kappa shape index (κ2) is 10.1. The first-order valence-electron chi connectivity index (χ1n) is 8.56. The van der Waals surface area contributed by atoms with Crippen molar-refractivity contribution in [2.45, 2.75) is 0 Å². The first-order valence-corrected chi connectivity index (χ1v) is 10.5. The minimum Gasteiger partial charge on any atom is -0.483 e. The van der Waals surface area contributed by atoms with Crippen molar-refractivity contribution in [3.8, 4) is 5.75 Å². The first-order chi connectivity index (χ1) is 14.3. The van der Waals surface area contributed by atoms with Gasteiger partial charge in [0.2, 0.25) is 0 Å². The summed E-state index contributed by atoms with van der Waals surface area (Å²) < 4.78 is 20.3. The van der Waals surface area contributed by atoms with Crippen LogP contribution in [0.1, 0.15) is 10.4 Å². The summed E-state index contributed by atoms with van der Waals surface area (Å²) in [5.41, 5.74) is 1.10. The molecule has 5 nitrogen and oxygen atoms in total. The number of benzene rings is 3. The molecule has 0 spiro atoms. The van der Waals surface area contributed by atoms with Crippen LogP contribution >= 0.6 is 43.5 Å². The van der Waals surface area contributed by atoms with Crippen LogP contribution < -0.4 is 15.4 Å². The lowest BCUT2D eigenvalue weighted by molar-refractivity contribution is -0.118. The van der Waals surface area contributed by atoms with E-state index < -0.39 is 11.7 Å². The van der Waals surface area contributed by atoms with Crippen molar-refractivity contribution in [2.24, 2.45) is 0 Å². The molecule has 3 aromatic rings. The molecule has 0 aliphatic rings. The van der Waals surface area contributed by atoms with Crippen LogP contribution in [-0.4, -0.2) is 18.4 Å². The molecule has 9 heteroatoms. The minimum absolute atomic E-state index is 0.0915. The minimum atomic E-state index is -0.572. The van der Waals surface area contributed by atoms with Crippen LogP contribution in [0.2, 0.25) is 5.02 Å². The van der Waals surface area contributed by atoms with Crippen LogP contribution in [0.15, 0.2) is 69.6 Å². The lowest BCUT2D eigenvalue weighted by atomic mass is 10.2. The summed E-state index contributed by atoms with van der Waals surface area (Å²) in [6.07, 6.45) is 0. The first kappa shape index (κ1) is 22.3. The molecule has 3 rings (SSSR count). The van der Waals surface area contributed by atoms with Gasteiger partial charge in [0.15, 0.2) is 6.61 Å². The summed E-state index contributed by atoms with van der Waals surface area (Å²) >= 11 is 12.4. The molecule has 0 heterocycles.